The summed E-state index contributed by atoms with van der Waals surface area (Å²) in [4.78, 5) is 25.0. The zero-order valence-corrected chi connectivity index (χ0v) is 19.5. The lowest BCUT2D eigenvalue weighted by Crippen LogP contribution is -2.52. The van der Waals surface area contributed by atoms with Gasteiger partial charge in [0.25, 0.3) is 0 Å². The summed E-state index contributed by atoms with van der Waals surface area (Å²) < 4.78 is 28.0. The number of hydrogen-bond acceptors (Lipinski definition) is 5. The van der Waals surface area contributed by atoms with Gasteiger partial charge in [-0.3, -0.25) is 4.79 Å². The number of nitrogens with two attached hydrogens (primary N) is 1. The van der Waals surface area contributed by atoms with E-state index in [1.807, 2.05) is 42.5 Å². The molecule has 3 aromatic carbocycles. The lowest BCUT2D eigenvalue weighted by atomic mass is 10.0. The first-order valence-corrected chi connectivity index (χ1v) is 12.6. The second-order valence-corrected chi connectivity index (χ2v) is 9.77. The summed E-state index contributed by atoms with van der Waals surface area (Å²) in [6, 6.07) is 18.7. The molecule has 0 spiro atoms. The van der Waals surface area contributed by atoms with Crippen molar-refractivity contribution in [2.24, 2.45) is 5.73 Å². The standard InChI is InChI=1S/C25H29N3O5S/c26-15-7-6-12-22(28-34(32,33)21-10-2-1-3-11-21)24(29)27-23(25(30)31)17-18-13-14-19-8-4-5-9-20(19)16-18/h1-5,8-11,13-14,16,22-23,28H,6-7,12,15,17,26H2,(H,27,29)(H,30,31)/t22-,23-/m0/s1. The Balaban J connectivity index is 1.76. The van der Waals surface area contributed by atoms with Crippen molar-refractivity contribution in [2.45, 2.75) is 42.7 Å². The Morgan fingerprint density at radius 3 is 2.24 bits per heavy atom. The predicted molar refractivity (Wildman–Crippen MR) is 131 cm³/mol. The molecule has 0 heterocycles. The molecule has 0 aliphatic carbocycles. The van der Waals surface area contributed by atoms with Crippen molar-refractivity contribution in [3.63, 3.8) is 0 Å². The average Bonchev–Trinajstić information content (AvgIpc) is 2.83. The summed E-state index contributed by atoms with van der Waals surface area (Å²) >= 11 is 0. The third kappa shape index (κ3) is 6.86. The number of fused-ring (bicyclic) bond motifs is 1. The van der Waals surface area contributed by atoms with Crippen LogP contribution in [-0.4, -0.2) is 44.0 Å². The minimum Gasteiger partial charge on any atom is -0.480 e. The molecular formula is C25H29N3O5S. The number of amides is 1. The number of carboxylic acids is 1. The highest BCUT2D eigenvalue weighted by atomic mass is 32.2. The molecule has 0 fully saturated rings. The summed E-state index contributed by atoms with van der Waals surface area (Å²) in [6.07, 6.45) is 1.37. The van der Waals surface area contributed by atoms with Gasteiger partial charge in [-0.25, -0.2) is 13.2 Å². The van der Waals surface area contributed by atoms with Crippen LogP contribution in [0, 0.1) is 0 Å². The zero-order chi connectivity index (χ0) is 24.6. The quantitative estimate of drug-likeness (QED) is 0.292. The normalized spacial score (nSPS) is 13.3. The summed E-state index contributed by atoms with van der Waals surface area (Å²) in [7, 11) is -3.97. The molecule has 2 atom stereocenters. The molecule has 34 heavy (non-hydrogen) atoms. The number of sulfonamides is 1. The van der Waals surface area contributed by atoms with Gasteiger partial charge in [-0.05, 0) is 47.9 Å². The molecule has 9 heteroatoms. The molecule has 0 radical (unpaired) electrons. The Hall–Kier alpha value is -3.27. The Morgan fingerprint density at radius 1 is 0.882 bits per heavy atom. The number of unbranched alkanes of at least 4 members (excludes halogenated alkanes) is 1. The van der Waals surface area contributed by atoms with Crippen molar-refractivity contribution in [3.8, 4) is 0 Å². The fourth-order valence-corrected chi connectivity index (χ4v) is 4.92. The van der Waals surface area contributed by atoms with Gasteiger partial charge in [-0.15, -0.1) is 0 Å². The molecule has 0 bridgehead atoms. The summed E-state index contributed by atoms with van der Waals surface area (Å²) in [5.74, 6) is -1.89. The van der Waals surface area contributed by atoms with Gasteiger partial charge in [0.05, 0.1) is 4.90 Å². The number of nitrogens with one attached hydrogen (secondary N) is 2. The van der Waals surface area contributed by atoms with E-state index < -0.39 is 34.0 Å². The van der Waals surface area contributed by atoms with Gasteiger partial charge in [0, 0.05) is 6.42 Å². The van der Waals surface area contributed by atoms with E-state index in [2.05, 4.69) is 10.0 Å². The van der Waals surface area contributed by atoms with E-state index in [0.29, 0.717) is 19.4 Å². The first-order chi connectivity index (χ1) is 16.3. The molecular weight excluding hydrogens is 454 g/mol. The third-order valence-electron chi connectivity index (χ3n) is 5.48. The second kappa shape index (κ2) is 11.7. The minimum atomic E-state index is -3.97. The lowest BCUT2D eigenvalue weighted by molar-refractivity contribution is -0.142. The monoisotopic (exact) mass is 483 g/mol. The molecule has 3 aromatic rings. The first kappa shape index (κ1) is 25.4. The lowest BCUT2D eigenvalue weighted by Gasteiger charge is -2.22. The van der Waals surface area contributed by atoms with Gasteiger partial charge in [-0.2, -0.15) is 4.72 Å². The molecule has 0 aliphatic heterocycles. The van der Waals surface area contributed by atoms with Crippen LogP contribution in [-0.2, 0) is 26.0 Å². The number of benzene rings is 3. The van der Waals surface area contributed by atoms with E-state index in [0.717, 1.165) is 16.3 Å². The summed E-state index contributed by atoms with van der Waals surface area (Å²) in [5.41, 5.74) is 6.28. The van der Waals surface area contributed by atoms with Crippen LogP contribution in [0.2, 0.25) is 0 Å². The van der Waals surface area contributed by atoms with E-state index in [4.69, 9.17) is 5.73 Å². The first-order valence-electron chi connectivity index (χ1n) is 11.1. The van der Waals surface area contributed by atoms with Gasteiger partial charge in [0.15, 0.2) is 0 Å². The van der Waals surface area contributed by atoms with Crippen molar-refractivity contribution in [3.05, 3.63) is 78.4 Å². The maximum Gasteiger partial charge on any atom is 0.326 e. The number of hydrogen-bond donors (Lipinski definition) is 4. The van der Waals surface area contributed by atoms with Gasteiger partial charge in [0.2, 0.25) is 15.9 Å². The molecule has 1 amide bonds. The molecule has 0 aromatic heterocycles. The highest BCUT2D eigenvalue weighted by Crippen LogP contribution is 2.17. The minimum absolute atomic E-state index is 0.0255. The molecule has 0 saturated heterocycles. The molecule has 0 saturated carbocycles. The van der Waals surface area contributed by atoms with Crippen molar-refractivity contribution in [1.82, 2.24) is 10.0 Å². The Morgan fingerprint density at radius 2 is 1.56 bits per heavy atom. The van der Waals surface area contributed by atoms with Gasteiger partial charge in [0.1, 0.15) is 12.1 Å². The van der Waals surface area contributed by atoms with Gasteiger partial charge < -0.3 is 16.2 Å². The number of carbonyl (C=O) groups excluding carboxylic acids is 1. The van der Waals surface area contributed by atoms with E-state index >= 15 is 0 Å². The molecule has 3 rings (SSSR count). The van der Waals surface area contributed by atoms with Crippen molar-refractivity contribution < 1.29 is 23.1 Å². The van der Waals surface area contributed by atoms with Crippen LogP contribution in [0.15, 0.2) is 77.7 Å². The smallest absolute Gasteiger partial charge is 0.326 e. The topological polar surface area (TPSA) is 139 Å². The number of aliphatic carboxylic acids is 1. The molecule has 8 nitrogen and oxygen atoms in total. The Bertz CT molecular complexity index is 1230. The van der Waals surface area contributed by atoms with Crippen molar-refractivity contribution in [2.75, 3.05) is 6.54 Å². The molecule has 180 valence electrons. The zero-order valence-electron chi connectivity index (χ0n) is 18.7. The summed E-state index contributed by atoms with van der Waals surface area (Å²) in [6.45, 7) is 0.402. The van der Waals surface area contributed by atoms with Crippen LogP contribution in [0.5, 0.6) is 0 Å². The second-order valence-electron chi connectivity index (χ2n) is 8.06. The van der Waals surface area contributed by atoms with Crippen molar-refractivity contribution in [1.29, 1.82) is 0 Å². The van der Waals surface area contributed by atoms with Gasteiger partial charge in [-0.1, -0.05) is 67.1 Å². The van der Waals surface area contributed by atoms with Gasteiger partial charge >= 0.3 is 5.97 Å². The number of rotatable bonds is 12. The van der Waals surface area contributed by atoms with Crippen molar-refractivity contribution >= 4 is 32.7 Å². The maximum absolute atomic E-state index is 13.0. The predicted octanol–water partition coefficient (Wildman–Crippen LogP) is 2.43. The molecule has 0 aliphatic rings. The van der Waals surface area contributed by atoms with Crippen LogP contribution < -0.4 is 15.8 Å². The average molecular weight is 484 g/mol. The largest absolute Gasteiger partial charge is 0.480 e. The van der Waals surface area contributed by atoms with Crippen LogP contribution in [0.4, 0.5) is 0 Å². The molecule has 5 N–H and O–H groups in total. The fraction of sp³-hybridized carbons (Fsp3) is 0.280. The fourth-order valence-electron chi connectivity index (χ4n) is 3.67. The van der Waals surface area contributed by atoms with Crippen LogP contribution in [0.1, 0.15) is 24.8 Å². The summed E-state index contributed by atoms with van der Waals surface area (Å²) in [5, 5.41) is 14.2. The van der Waals surface area contributed by atoms with Crippen LogP contribution >= 0.6 is 0 Å². The highest BCUT2D eigenvalue weighted by molar-refractivity contribution is 7.89. The van der Waals surface area contributed by atoms with E-state index in [1.54, 1.807) is 18.2 Å². The Labute approximate surface area is 199 Å². The third-order valence-corrected chi connectivity index (χ3v) is 6.97. The SMILES string of the molecule is NCCCC[C@H](NS(=O)(=O)c1ccccc1)C(=O)N[C@@H](Cc1ccc2ccccc2c1)C(=O)O. The van der Waals surface area contributed by atoms with E-state index in [9.17, 15) is 23.1 Å². The van der Waals surface area contributed by atoms with E-state index in [-0.39, 0.29) is 17.7 Å². The Kier molecular flexibility index (Phi) is 8.75. The highest BCUT2D eigenvalue weighted by Gasteiger charge is 2.29. The number of carbonyl (C=O) groups is 2. The molecule has 0 unspecified atom stereocenters. The van der Waals surface area contributed by atoms with Crippen LogP contribution in [0.3, 0.4) is 0 Å². The van der Waals surface area contributed by atoms with Crippen LogP contribution in [0.25, 0.3) is 10.8 Å². The van der Waals surface area contributed by atoms with E-state index in [1.165, 1.54) is 12.1 Å². The maximum atomic E-state index is 13.0. The number of carboxylic acid groups (broad SMARTS) is 1.